The number of pyridine rings is 2. The van der Waals surface area contributed by atoms with Crippen LogP contribution in [0.4, 0.5) is 15.8 Å². The van der Waals surface area contributed by atoms with Crippen LogP contribution in [0.25, 0.3) is 33.3 Å². The van der Waals surface area contributed by atoms with Crippen molar-refractivity contribution in [2.24, 2.45) is 4.99 Å². The van der Waals surface area contributed by atoms with E-state index < -0.39 is 0 Å². The van der Waals surface area contributed by atoms with Crippen molar-refractivity contribution in [2.75, 3.05) is 26.0 Å². The topological polar surface area (TPSA) is 82.1 Å². The van der Waals surface area contributed by atoms with Gasteiger partial charge in [0.2, 0.25) is 0 Å². The van der Waals surface area contributed by atoms with E-state index in [1.807, 2.05) is 57.0 Å². The van der Waals surface area contributed by atoms with Crippen molar-refractivity contribution in [2.45, 2.75) is 6.54 Å². The fourth-order valence-electron chi connectivity index (χ4n) is 4.56. The standard InChI is InChI=1S/C28H24FN7/c1-36(2)16-17-9-19(13-30-12-17)20-11-23-27(34-35-28(23)32-14-20)25-15-31-24-8-4-7-22(26(24)33-25)18-5-3-6-21(29)10-18/h3-14,31H,15-16H2,1-2H3,(H,32,34,35). The minimum Gasteiger partial charge on any atom is -0.378 e. The lowest BCUT2D eigenvalue weighted by Crippen LogP contribution is -2.19. The van der Waals surface area contributed by atoms with E-state index in [4.69, 9.17) is 4.99 Å². The third kappa shape index (κ3) is 4.12. The maximum absolute atomic E-state index is 13.9. The van der Waals surface area contributed by atoms with E-state index in [0.29, 0.717) is 12.2 Å². The molecule has 8 heteroatoms. The average molecular weight is 478 g/mol. The summed E-state index contributed by atoms with van der Waals surface area (Å²) >= 11 is 0. The van der Waals surface area contributed by atoms with Crippen molar-refractivity contribution >= 4 is 28.1 Å². The highest BCUT2D eigenvalue weighted by Gasteiger charge is 2.21. The molecule has 36 heavy (non-hydrogen) atoms. The molecule has 6 rings (SSSR count). The van der Waals surface area contributed by atoms with Crippen LogP contribution in [0.5, 0.6) is 0 Å². The van der Waals surface area contributed by atoms with Crippen LogP contribution in [-0.4, -0.2) is 51.4 Å². The van der Waals surface area contributed by atoms with Gasteiger partial charge in [-0.15, -0.1) is 0 Å². The Hall–Kier alpha value is -4.43. The van der Waals surface area contributed by atoms with Gasteiger partial charge in [0, 0.05) is 47.2 Å². The summed E-state index contributed by atoms with van der Waals surface area (Å²) in [5.74, 6) is -0.279. The molecule has 0 bridgehead atoms. The molecule has 1 aliphatic heterocycles. The number of aromatic amines is 1. The Labute approximate surface area is 207 Å². The lowest BCUT2D eigenvalue weighted by molar-refractivity contribution is 0.402. The van der Waals surface area contributed by atoms with Crippen molar-refractivity contribution in [3.05, 3.63) is 90.3 Å². The zero-order valence-electron chi connectivity index (χ0n) is 20.0. The second-order valence-corrected chi connectivity index (χ2v) is 9.14. The molecule has 0 radical (unpaired) electrons. The van der Waals surface area contributed by atoms with Gasteiger partial charge >= 0.3 is 0 Å². The van der Waals surface area contributed by atoms with Gasteiger partial charge in [-0.05, 0) is 55.6 Å². The molecule has 1 aliphatic rings. The fourth-order valence-corrected chi connectivity index (χ4v) is 4.56. The zero-order valence-corrected chi connectivity index (χ0v) is 20.0. The summed E-state index contributed by atoms with van der Waals surface area (Å²) in [5.41, 5.74) is 8.62. The maximum atomic E-state index is 13.9. The number of hydrogen-bond acceptors (Lipinski definition) is 6. The Morgan fingerprint density at radius 2 is 1.81 bits per heavy atom. The summed E-state index contributed by atoms with van der Waals surface area (Å²) in [6, 6.07) is 16.7. The number of fused-ring (bicyclic) bond motifs is 2. The van der Waals surface area contributed by atoms with Gasteiger partial charge in [0.1, 0.15) is 11.5 Å². The molecule has 2 aromatic carbocycles. The SMILES string of the molecule is CN(C)Cc1cncc(-c2cnc3[nH]nc(C4=Nc5c(cccc5-c5cccc(F)c5)NC4)c3c2)c1. The first-order chi connectivity index (χ1) is 17.5. The Kier molecular flexibility index (Phi) is 5.50. The molecule has 0 saturated carbocycles. The monoisotopic (exact) mass is 477 g/mol. The number of nitrogens with zero attached hydrogens (tertiary/aromatic N) is 5. The lowest BCUT2D eigenvalue weighted by atomic mass is 10.0. The third-order valence-electron chi connectivity index (χ3n) is 6.18. The molecular weight excluding hydrogens is 453 g/mol. The summed E-state index contributed by atoms with van der Waals surface area (Å²) in [6.07, 6.45) is 5.57. The van der Waals surface area contributed by atoms with E-state index in [2.05, 4.69) is 42.5 Å². The number of anilines is 1. The first kappa shape index (κ1) is 22.1. The molecule has 0 unspecified atom stereocenters. The number of H-pyrrole nitrogens is 1. The molecule has 0 fully saturated rings. The molecule has 0 aliphatic carbocycles. The van der Waals surface area contributed by atoms with E-state index in [-0.39, 0.29) is 5.82 Å². The summed E-state index contributed by atoms with van der Waals surface area (Å²) < 4.78 is 13.9. The second-order valence-electron chi connectivity index (χ2n) is 9.14. The van der Waals surface area contributed by atoms with Crippen LogP contribution >= 0.6 is 0 Å². The predicted octanol–water partition coefficient (Wildman–Crippen LogP) is 5.43. The molecule has 2 N–H and O–H groups in total. The van der Waals surface area contributed by atoms with Gasteiger partial charge in [0.25, 0.3) is 0 Å². The van der Waals surface area contributed by atoms with E-state index in [1.54, 1.807) is 6.07 Å². The average Bonchev–Trinajstić information content (AvgIpc) is 3.31. The van der Waals surface area contributed by atoms with Crippen LogP contribution in [0.15, 0.2) is 78.2 Å². The van der Waals surface area contributed by atoms with Gasteiger partial charge < -0.3 is 10.2 Å². The normalized spacial score (nSPS) is 12.9. The van der Waals surface area contributed by atoms with Crippen molar-refractivity contribution in [3.63, 3.8) is 0 Å². The van der Waals surface area contributed by atoms with Crippen molar-refractivity contribution in [3.8, 4) is 22.3 Å². The highest BCUT2D eigenvalue weighted by Crippen LogP contribution is 2.39. The number of nitrogens with one attached hydrogen (secondary N) is 2. The maximum Gasteiger partial charge on any atom is 0.155 e. The van der Waals surface area contributed by atoms with Gasteiger partial charge in [-0.2, -0.15) is 5.10 Å². The molecule has 0 spiro atoms. The third-order valence-corrected chi connectivity index (χ3v) is 6.18. The molecule has 4 heterocycles. The van der Waals surface area contributed by atoms with E-state index in [1.165, 1.54) is 12.1 Å². The fraction of sp³-hybridized carbons (Fsp3) is 0.143. The number of halogens is 1. The molecule has 3 aromatic heterocycles. The van der Waals surface area contributed by atoms with Crippen LogP contribution < -0.4 is 5.32 Å². The smallest absolute Gasteiger partial charge is 0.155 e. The number of rotatable bonds is 5. The summed E-state index contributed by atoms with van der Waals surface area (Å²) in [6.45, 7) is 1.33. The minimum atomic E-state index is -0.279. The van der Waals surface area contributed by atoms with Crippen LogP contribution in [0.1, 0.15) is 11.3 Å². The van der Waals surface area contributed by atoms with Gasteiger partial charge in [-0.25, -0.2) is 14.4 Å². The van der Waals surface area contributed by atoms with Crippen LogP contribution in [0.3, 0.4) is 0 Å². The van der Waals surface area contributed by atoms with E-state index in [9.17, 15) is 4.39 Å². The largest absolute Gasteiger partial charge is 0.378 e. The molecular formula is C28H24FN7. The number of para-hydroxylation sites is 1. The van der Waals surface area contributed by atoms with Gasteiger partial charge in [0.15, 0.2) is 5.65 Å². The molecule has 0 saturated heterocycles. The Morgan fingerprint density at radius 3 is 2.67 bits per heavy atom. The lowest BCUT2D eigenvalue weighted by Gasteiger charge is -2.19. The second kappa shape index (κ2) is 8.98. The molecule has 178 valence electrons. The minimum absolute atomic E-state index is 0.279. The first-order valence-electron chi connectivity index (χ1n) is 11.7. The van der Waals surface area contributed by atoms with Crippen LogP contribution in [0.2, 0.25) is 0 Å². The summed E-state index contributed by atoms with van der Waals surface area (Å²) in [4.78, 5) is 16.1. The highest BCUT2D eigenvalue weighted by molar-refractivity contribution is 6.14. The molecule has 0 amide bonds. The predicted molar refractivity (Wildman–Crippen MR) is 141 cm³/mol. The molecule has 0 atom stereocenters. The van der Waals surface area contributed by atoms with E-state index >= 15 is 0 Å². The molecule has 7 nitrogen and oxygen atoms in total. The Morgan fingerprint density at radius 1 is 0.944 bits per heavy atom. The quantitative estimate of drug-likeness (QED) is 0.353. The Balaban J connectivity index is 1.43. The highest BCUT2D eigenvalue weighted by atomic mass is 19.1. The van der Waals surface area contributed by atoms with Gasteiger partial charge in [-0.3, -0.25) is 10.1 Å². The van der Waals surface area contributed by atoms with E-state index in [0.717, 1.165) is 62.5 Å². The Bertz CT molecular complexity index is 1620. The van der Waals surface area contributed by atoms with Crippen LogP contribution in [-0.2, 0) is 6.54 Å². The summed E-state index contributed by atoms with van der Waals surface area (Å²) in [7, 11) is 4.07. The zero-order chi connectivity index (χ0) is 24.6. The van der Waals surface area contributed by atoms with Crippen molar-refractivity contribution in [1.82, 2.24) is 25.1 Å². The first-order valence-corrected chi connectivity index (χ1v) is 11.7. The summed E-state index contributed by atoms with van der Waals surface area (Å²) in [5, 5.41) is 11.9. The van der Waals surface area contributed by atoms with Gasteiger partial charge in [0.05, 0.1) is 23.6 Å². The van der Waals surface area contributed by atoms with Crippen molar-refractivity contribution < 1.29 is 4.39 Å². The molecule has 5 aromatic rings. The number of aliphatic imine (C=N–C) groups is 1. The van der Waals surface area contributed by atoms with Crippen molar-refractivity contribution in [1.29, 1.82) is 0 Å². The number of benzene rings is 2. The number of aromatic nitrogens is 4. The van der Waals surface area contributed by atoms with Gasteiger partial charge in [-0.1, -0.05) is 24.3 Å². The number of hydrogen-bond donors (Lipinski definition) is 2. The van der Waals surface area contributed by atoms with Crippen LogP contribution in [0, 0.1) is 5.82 Å².